The molecule has 128 valence electrons. The summed E-state index contributed by atoms with van der Waals surface area (Å²) in [6.07, 6.45) is 10.7. The number of primary amides is 1. The molecule has 0 unspecified atom stereocenters. The van der Waals surface area contributed by atoms with Crippen LogP contribution in [-0.2, 0) is 11.8 Å². The lowest BCUT2D eigenvalue weighted by Gasteiger charge is -2.59. The molecule has 0 spiro atoms. The summed E-state index contributed by atoms with van der Waals surface area (Å²) in [4.78, 5) is 14.5. The Bertz CT molecular complexity index is 680. The molecule has 1 saturated heterocycles. The molecule has 2 bridgehead atoms. The average molecular weight is 324 g/mol. The minimum atomic E-state index is -0.283. The van der Waals surface area contributed by atoms with Gasteiger partial charge in [0.1, 0.15) is 0 Å². The third-order valence-corrected chi connectivity index (χ3v) is 7.43. The zero-order valence-corrected chi connectivity index (χ0v) is 14.5. The lowest BCUT2D eigenvalue weighted by molar-refractivity contribution is -0.0133. The number of benzene rings is 1. The molecule has 0 radical (unpaired) electrons. The molecule has 0 aromatic heterocycles. The molecule has 1 aromatic carbocycles. The van der Waals surface area contributed by atoms with E-state index in [0.29, 0.717) is 11.0 Å². The molecular weight excluding hydrogens is 296 g/mol. The van der Waals surface area contributed by atoms with Crippen molar-refractivity contribution in [1.82, 2.24) is 4.90 Å². The van der Waals surface area contributed by atoms with Crippen LogP contribution in [0.1, 0.15) is 66.4 Å². The van der Waals surface area contributed by atoms with Gasteiger partial charge >= 0.3 is 0 Å². The Morgan fingerprint density at radius 2 is 2.08 bits per heavy atom. The predicted octanol–water partition coefficient (Wildman–Crippen LogP) is 3.25. The fraction of sp³-hybridized carbons (Fsp3) is 0.667. The largest absolute Gasteiger partial charge is 0.366 e. The van der Waals surface area contributed by atoms with Gasteiger partial charge in [-0.05, 0) is 80.2 Å². The van der Waals surface area contributed by atoms with Crippen molar-refractivity contribution in [3.63, 3.8) is 0 Å². The SMILES string of the molecule is NC(=O)c1ccc2c(c1)[C@@]13CCCC[C@H]1[C@@H](C2)N(CC1CC1)CC3. The van der Waals surface area contributed by atoms with Crippen LogP contribution in [0.3, 0.4) is 0 Å². The molecule has 1 aromatic rings. The first-order valence-corrected chi connectivity index (χ1v) is 9.85. The van der Waals surface area contributed by atoms with E-state index < -0.39 is 0 Å². The third kappa shape index (κ3) is 2.17. The van der Waals surface area contributed by atoms with Crippen LogP contribution in [0.2, 0.25) is 0 Å². The fourth-order valence-corrected chi connectivity index (χ4v) is 6.10. The van der Waals surface area contributed by atoms with E-state index in [1.165, 1.54) is 75.6 Å². The molecule has 3 atom stereocenters. The Labute approximate surface area is 144 Å². The molecule has 5 rings (SSSR count). The summed E-state index contributed by atoms with van der Waals surface area (Å²) in [6.45, 7) is 2.57. The van der Waals surface area contributed by atoms with Gasteiger partial charge in [-0.15, -0.1) is 0 Å². The molecule has 1 aliphatic heterocycles. The Hall–Kier alpha value is -1.35. The van der Waals surface area contributed by atoms with Crippen molar-refractivity contribution >= 4 is 5.91 Å². The number of hydrogen-bond acceptors (Lipinski definition) is 2. The number of nitrogens with zero attached hydrogens (tertiary/aromatic N) is 1. The van der Waals surface area contributed by atoms with Crippen molar-refractivity contribution in [3.05, 3.63) is 34.9 Å². The number of likely N-dealkylation sites (tertiary alicyclic amines) is 1. The lowest BCUT2D eigenvalue weighted by Crippen LogP contribution is -2.61. The van der Waals surface area contributed by atoms with Gasteiger partial charge in [-0.25, -0.2) is 0 Å². The number of rotatable bonds is 3. The van der Waals surface area contributed by atoms with Gasteiger partial charge in [-0.1, -0.05) is 18.9 Å². The van der Waals surface area contributed by atoms with E-state index in [4.69, 9.17) is 5.73 Å². The Morgan fingerprint density at radius 3 is 2.88 bits per heavy atom. The summed E-state index contributed by atoms with van der Waals surface area (Å²) < 4.78 is 0. The highest BCUT2D eigenvalue weighted by atomic mass is 16.1. The van der Waals surface area contributed by atoms with Crippen LogP contribution >= 0.6 is 0 Å². The first kappa shape index (κ1) is 14.9. The smallest absolute Gasteiger partial charge is 0.248 e. The molecule has 4 aliphatic rings. The topological polar surface area (TPSA) is 46.3 Å². The fourth-order valence-electron chi connectivity index (χ4n) is 6.10. The van der Waals surface area contributed by atoms with Crippen molar-refractivity contribution in [2.75, 3.05) is 13.1 Å². The summed E-state index contributed by atoms with van der Waals surface area (Å²) in [7, 11) is 0. The van der Waals surface area contributed by atoms with Gasteiger partial charge < -0.3 is 5.73 Å². The summed E-state index contributed by atoms with van der Waals surface area (Å²) in [5.41, 5.74) is 9.57. The molecule has 2 saturated carbocycles. The van der Waals surface area contributed by atoms with Crippen LogP contribution in [0, 0.1) is 11.8 Å². The number of carbonyl (C=O) groups excluding carboxylic acids is 1. The van der Waals surface area contributed by atoms with E-state index in [2.05, 4.69) is 17.0 Å². The Morgan fingerprint density at radius 1 is 1.21 bits per heavy atom. The molecule has 2 N–H and O–H groups in total. The van der Waals surface area contributed by atoms with Gasteiger partial charge in [0.25, 0.3) is 0 Å². The van der Waals surface area contributed by atoms with Gasteiger partial charge in [0, 0.05) is 23.6 Å². The maximum absolute atomic E-state index is 11.7. The van der Waals surface area contributed by atoms with Crippen molar-refractivity contribution in [3.8, 4) is 0 Å². The second kappa shape index (κ2) is 5.32. The molecular formula is C21H28N2O. The number of fused-ring (bicyclic) bond motifs is 1. The number of carbonyl (C=O) groups is 1. The normalized spacial score (nSPS) is 35.2. The number of piperidine rings is 1. The van der Waals surface area contributed by atoms with Crippen LogP contribution in [0.25, 0.3) is 0 Å². The van der Waals surface area contributed by atoms with E-state index in [9.17, 15) is 4.79 Å². The first-order valence-electron chi connectivity index (χ1n) is 9.85. The van der Waals surface area contributed by atoms with Crippen LogP contribution in [0.4, 0.5) is 0 Å². The van der Waals surface area contributed by atoms with E-state index in [-0.39, 0.29) is 5.91 Å². The lowest BCUT2D eigenvalue weighted by atomic mass is 9.52. The Kier molecular flexibility index (Phi) is 3.31. The van der Waals surface area contributed by atoms with Gasteiger partial charge in [0.2, 0.25) is 5.91 Å². The molecule has 3 nitrogen and oxygen atoms in total. The zero-order chi connectivity index (χ0) is 16.3. The summed E-state index contributed by atoms with van der Waals surface area (Å²) >= 11 is 0. The highest BCUT2D eigenvalue weighted by molar-refractivity contribution is 5.93. The van der Waals surface area contributed by atoms with E-state index in [0.717, 1.165) is 17.9 Å². The molecule has 1 heterocycles. The number of amides is 1. The van der Waals surface area contributed by atoms with Gasteiger partial charge in [-0.3, -0.25) is 9.69 Å². The molecule has 3 fully saturated rings. The van der Waals surface area contributed by atoms with Crippen LogP contribution < -0.4 is 5.73 Å². The Balaban J connectivity index is 1.58. The monoisotopic (exact) mass is 324 g/mol. The van der Waals surface area contributed by atoms with Crippen molar-refractivity contribution in [2.24, 2.45) is 17.6 Å². The molecule has 1 amide bonds. The van der Waals surface area contributed by atoms with Crippen molar-refractivity contribution in [1.29, 1.82) is 0 Å². The third-order valence-electron chi connectivity index (χ3n) is 7.43. The second-order valence-corrected chi connectivity index (χ2v) is 8.70. The summed E-state index contributed by atoms with van der Waals surface area (Å²) in [6, 6.07) is 7.03. The van der Waals surface area contributed by atoms with E-state index in [1.807, 2.05) is 6.07 Å². The number of nitrogens with two attached hydrogens (primary N) is 1. The molecule has 3 heteroatoms. The first-order chi connectivity index (χ1) is 11.7. The highest BCUT2D eigenvalue weighted by Crippen LogP contribution is 2.56. The van der Waals surface area contributed by atoms with Crippen molar-refractivity contribution in [2.45, 2.75) is 62.8 Å². The van der Waals surface area contributed by atoms with Crippen molar-refractivity contribution < 1.29 is 4.79 Å². The van der Waals surface area contributed by atoms with E-state index in [1.54, 1.807) is 0 Å². The van der Waals surface area contributed by atoms with Crippen LogP contribution in [-0.4, -0.2) is 29.9 Å². The quantitative estimate of drug-likeness (QED) is 0.927. The van der Waals surface area contributed by atoms with Crippen LogP contribution in [0.5, 0.6) is 0 Å². The molecule has 3 aliphatic carbocycles. The maximum atomic E-state index is 11.7. The van der Waals surface area contributed by atoms with Gasteiger partial charge in [0.15, 0.2) is 0 Å². The van der Waals surface area contributed by atoms with Gasteiger partial charge in [-0.2, -0.15) is 0 Å². The number of hydrogen-bond donors (Lipinski definition) is 1. The minimum Gasteiger partial charge on any atom is -0.366 e. The summed E-state index contributed by atoms with van der Waals surface area (Å²) in [5.74, 6) is 1.48. The molecule has 24 heavy (non-hydrogen) atoms. The predicted molar refractivity (Wildman–Crippen MR) is 95.0 cm³/mol. The van der Waals surface area contributed by atoms with Gasteiger partial charge in [0.05, 0.1) is 0 Å². The summed E-state index contributed by atoms with van der Waals surface area (Å²) in [5, 5.41) is 0. The zero-order valence-electron chi connectivity index (χ0n) is 14.5. The standard InChI is InChI=1S/C21H28N2O/c22-20(24)16-7-6-15-12-19-17-3-1-2-8-21(17,18(15)11-16)9-10-23(19)13-14-4-5-14/h6-7,11,14,17,19H,1-5,8-10,12-13H2,(H2,22,24)/t17-,19+,21+/m0/s1. The maximum Gasteiger partial charge on any atom is 0.248 e. The van der Waals surface area contributed by atoms with Crippen LogP contribution in [0.15, 0.2) is 18.2 Å². The second-order valence-electron chi connectivity index (χ2n) is 8.70. The van der Waals surface area contributed by atoms with E-state index >= 15 is 0 Å². The highest BCUT2D eigenvalue weighted by Gasteiger charge is 2.54. The average Bonchev–Trinajstić information content (AvgIpc) is 3.41. The minimum absolute atomic E-state index is 0.283.